The first kappa shape index (κ1) is 25.2. The fraction of sp³-hybridized carbons (Fsp3) is 0.552. The predicted molar refractivity (Wildman–Crippen MR) is 136 cm³/mol. The van der Waals surface area contributed by atoms with E-state index in [9.17, 15) is 0 Å². The van der Waals surface area contributed by atoms with Crippen molar-refractivity contribution in [2.45, 2.75) is 98.5 Å². The normalized spacial score (nSPS) is 11.4. The fourth-order valence-electron chi connectivity index (χ4n) is 3.84. The molecule has 0 fully saturated rings. The fourth-order valence-corrected chi connectivity index (χ4v) is 3.84. The molecule has 0 aromatic heterocycles. The highest BCUT2D eigenvalue weighted by molar-refractivity contribution is 5.79. The Kier molecular flexibility index (Phi) is 12.0. The zero-order chi connectivity index (χ0) is 22.3. The van der Waals surface area contributed by atoms with Crippen molar-refractivity contribution in [3.63, 3.8) is 0 Å². The Hall–Kier alpha value is -2.09. The summed E-state index contributed by atoms with van der Waals surface area (Å²) in [7, 11) is 0. The Morgan fingerprint density at radius 1 is 0.710 bits per heavy atom. The second-order valence-corrected chi connectivity index (χ2v) is 8.87. The number of unbranched alkanes of at least 4 members (excludes halogenated alkanes) is 9. The third kappa shape index (κ3) is 9.72. The Bertz CT molecular complexity index is 776. The summed E-state index contributed by atoms with van der Waals surface area (Å²) >= 11 is 0. The molecule has 0 heterocycles. The Morgan fingerprint density at radius 2 is 1.32 bits per heavy atom. The highest BCUT2D eigenvalue weighted by Gasteiger charge is 2.04. The number of hydrogen-bond donors (Lipinski definition) is 0. The van der Waals surface area contributed by atoms with Crippen LogP contribution in [0, 0.1) is 20.8 Å². The Balaban J connectivity index is 1.59. The monoisotopic (exact) mass is 421 g/mol. The van der Waals surface area contributed by atoms with Crippen LogP contribution in [0.25, 0.3) is 0 Å². The van der Waals surface area contributed by atoms with Gasteiger partial charge in [0.1, 0.15) is 12.4 Å². The maximum Gasteiger partial charge on any atom is 0.119 e. The summed E-state index contributed by atoms with van der Waals surface area (Å²) in [5.74, 6) is 0.907. The second-order valence-electron chi connectivity index (χ2n) is 8.87. The van der Waals surface area contributed by atoms with E-state index in [0.717, 1.165) is 17.9 Å². The molecule has 31 heavy (non-hydrogen) atoms. The van der Waals surface area contributed by atoms with Gasteiger partial charge in [-0.3, -0.25) is 4.99 Å². The van der Waals surface area contributed by atoms with Crippen LogP contribution in [0.5, 0.6) is 5.75 Å². The van der Waals surface area contributed by atoms with Gasteiger partial charge in [0, 0.05) is 12.8 Å². The van der Waals surface area contributed by atoms with Gasteiger partial charge in [0.15, 0.2) is 0 Å². The lowest BCUT2D eigenvalue weighted by Crippen LogP contribution is -2.00. The quantitative estimate of drug-likeness (QED) is 0.208. The van der Waals surface area contributed by atoms with Gasteiger partial charge in [-0.05, 0) is 79.3 Å². The van der Waals surface area contributed by atoms with E-state index in [1.165, 1.54) is 86.5 Å². The molecule has 0 aliphatic heterocycles. The minimum Gasteiger partial charge on any atom is -0.489 e. The second kappa shape index (κ2) is 14.8. The molecule has 2 aromatic carbocycles. The molecule has 0 N–H and O–H groups in total. The van der Waals surface area contributed by atoms with Crippen LogP contribution >= 0.6 is 0 Å². The third-order valence-electron chi connectivity index (χ3n) is 6.33. The van der Waals surface area contributed by atoms with Gasteiger partial charge in [-0.2, -0.15) is 0 Å². The average Bonchev–Trinajstić information content (AvgIpc) is 2.78. The summed E-state index contributed by atoms with van der Waals surface area (Å²) in [6, 6.07) is 12.6. The molecule has 0 aliphatic rings. The van der Waals surface area contributed by atoms with Crippen molar-refractivity contribution in [3.05, 3.63) is 64.2 Å². The Labute approximate surface area is 191 Å². The van der Waals surface area contributed by atoms with Crippen molar-refractivity contribution < 1.29 is 4.74 Å². The maximum atomic E-state index is 6.00. The first-order chi connectivity index (χ1) is 15.1. The molecule has 2 heteroatoms. The molecular weight excluding hydrogens is 378 g/mol. The van der Waals surface area contributed by atoms with Crippen LogP contribution in [-0.2, 0) is 6.61 Å². The lowest BCUT2D eigenvalue weighted by Gasteiger charge is -2.12. The number of benzene rings is 2. The van der Waals surface area contributed by atoms with E-state index in [-0.39, 0.29) is 0 Å². The van der Waals surface area contributed by atoms with Crippen molar-refractivity contribution in [2.75, 3.05) is 6.54 Å². The van der Waals surface area contributed by atoms with Crippen molar-refractivity contribution in [1.29, 1.82) is 0 Å². The van der Waals surface area contributed by atoms with Crippen LogP contribution in [0.4, 0.5) is 0 Å². The van der Waals surface area contributed by atoms with Crippen LogP contribution in [0.1, 0.15) is 98.9 Å². The predicted octanol–water partition coefficient (Wildman–Crippen LogP) is 8.53. The van der Waals surface area contributed by atoms with E-state index < -0.39 is 0 Å². The van der Waals surface area contributed by atoms with E-state index in [0.29, 0.717) is 6.61 Å². The van der Waals surface area contributed by atoms with Gasteiger partial charge in [-0.15, -0.1) is 0 Å². The Morgan fingerprint density at radius 3 is 1.97 bits per heavy atom. The number of nitrogens with zero attached hydrogens (tertiary/aromatic N) is 1. The molecule has 0 aliphatic carbocycles. The molecule has 2 rings (SSSR count). The topological polar surface area (TPSA) is 21.6 Å². The zero-order valence-electron chi connectivity index (χ0n) is 20.4. The van der Waals surface area contributed by atoms with Gasteiger partial charge in [-0.25, -0.2) is 0 Å². The highest BCUT2D eigenvalue weighted by atomic mass is 16.5. The molecule has 0 amide bonds. The third-order valence-corrected chi connectivity index (χ3v) is 6.33. The molecule has 0 saturated carbocycles. The molecule has 2 aromatic rings. The molecule has 0 atom stereocenters. The minimum atomic E-state index is 0.610. The van der Waals surface area contributed by atoms with E-state index in [2.05, 4.69) is 57.0 Å². The highest BCUT2D eigenvalue weighted by Crippen LogP contribution is 2.20. The summed E-state index contributed by atoms with van der Waals surface area (Å²) in [4.78, 5) is 4.60. The molecule has 0 spiro atoms. The number of hydrogen-bond acceptors (Lipinski definition) is 2. The van der Waals surface area contributed by atoms with Crippen molar-refractivity contribution in [2.24, 2.45) is 4.99 Å². The van der Waals surface area contributed by atoms with Crippen molar-refractivity contribution >= 4 is 6.21 Å². The molecule has 0 radical (unpaired) electrons. The van der Waals surface area contributed by atoms with Gasteiger partial charge >= 0.3 is 0 Å². The van der Waals surface area contributed by atoms with Gasteiger partial charge in [0.25, 0.3) is 0 Å². The van der Waals surface area contributed by atoms with Crippen LogP contribution in [-0.4, -0.2) is 12.8 Å². The van der Waals surface area contributed by atoms with Crippen LogP contribution in [0.2, 0.25) is 0 Å². The van der Waals surface area contributed by atoms with Crippen molar-refractivity contribution in [3.8, 4) is 5.75 Å². The van der Waals surface area contributed by atoms with E-state index >= 15 is 0 Å². The summed E-state index contributed by atoms with van der Waals surface area (Å²) in [6.07, 6.45) is 15.6. The van der Waals surface area contributed by atoms with Crippen LogP contribution in [0.15, 0.2) is 41.4 Å². The number of aliphatic imine (C=N–C) groups is 1. The van der Waals surface area contributed by atoms with Crippen LogP contribution in [0.3, 0.4) is 0 Å². The van der Waals surface area contributed by atoms with Gasteiger partial charge < -0.3 is 4.74 Å². The zero-order valence-corrected chi connectivity index (χ0v) is 20.4. The average molecular weight is 422 g/mol. The summed E-state index contributed by atoms with van der Waals surface area (Å²) in [6.45, 7) is 10.3. The SMILES string of the molecule is CCCCCCCCCCCC/N=C/c1ccc(OCc2ccc(C)c(C)c2C)cc1. The molecule has 2 nitrogen and oxygen atoms in total. The maximum absolute atomic E-state index is 6.00. The number of ether oxygens (including phenoxy) is 1. The van der Waals surface area contributed by atoms with Gasteiger partial charge in [0.05, 0.1) is 0 Å². The minimum absolute atomic E-state index is 0.610. The smallest absolute Gasteiger partial charge is 0.119 e. The molecule has 0 unspecified atom stereocenters. The van der Waals surface area contributed by atoms with E-state index in [4.69, 9.17) is 4.74 Å². The summed E-state index contributed by atoms with van der Waals surface area (Å²) in [5.41, 5.74) is 6.42. The number of rotatable bonds is 15. The van der Waals surface area contributed by atoms with Gasteiger partial charge in [0.2, 0.25) is 0 Å². The standard InChI is InChI=1S/C29H43NO/c1-5-6-7-8-9-10-11-12-13-14-21-30-22-27-16-19-29(20-17-27)31-23-28-18-15-24(2)25(3)26(28)4/h15-20,22H,5-14,21,23H2,1-4H3/b30-22+. The number of aryl methyl sites for hydroxylation is 1. The molecule has 0 bridgehead atoms. The molecule has 0 saturated heterocycles. The lowest BCUT2D eigenvalue weighted by atomic mass is 9.99. The lowest BCUT2D eigenvalue weighted by molar-refractivity contribution is 0.305. The van der Waals surface area contributed by atoms with Gasteiger partial charge in [-0.1, -0.05) is 76.8 Å². The summed E-state index contributed by atoms with van der Waals surface area (Å²) in [5, 5.41) is 0. The summed E-state index contributed by atoms with van der Waals surface area (Å²) < 4.78 is 6.00. The van der Waals surface area contributed by atoms with E-state index in [1.54, 1.807) is 0 Å². The van der Waals surface area contributed by atoms with Crippen molar-refractivity contribution in [1.82, 2.24) is 0 Å². The first-order valence-electron chi connectivity index (χ1n) is 12.4. The molecular formula is C29H43NO. The van der Waals surface area contributed by atoms with Crippen LogP contribution < -0.4 is 4.74 Å². The molecule has 170 valence electrons. The largest absolute Gasteiger partial charge is 0.489 e. The van der Waals surface area contributed by atoms with E-state index in [1.807, 2.05) is 18.3 Å². The first-order valence-corrected chi connectivity index (χ1v) is 12.4.